The molecule has 0 spiro atoms. The summed E-state index contributed by atoms with van der Waals surface area (Å²) < 4.78 is 0.685. The minimum atomic E-state index is -0.226. The maximum absolute atomic E-state index is 11.7. The summed E-state index contributed by atoms with van der Waals surface area (Å²) in [6.45, 7) is 0.220. The molecule has 1 aromatic heterocycles. The summed E-state index contributed by atoms with van der Waals surface area (Å²) in [6.07, 6.45) is 0. The second kappa shape index (κ2) is 4.91. The number of carbonyl (C=O) groups is 1. The average molecular weight is 297 g/mol. The highest BCUT2D eigenvalue weighted by Crippen LogP contribution is 2.20. The molecule has 0 saturated carbocycles. The quantitative estimate of drug-likeness (QED) is 0.714. The third-order valence-electron chi connectivity index (χ3n) is 2.06. The Kier molecular flexibility index (Phi) is 3.33. The number of H-pyrrole nitrogens is 1. The van der Waals surface area contributed by atoms with E-state index in [0.717, 1.165) is 0 Å². The first-order valence-electron chi connectivity index (χ1n) is 4.72. The summed E-state index contributed by atoms with van der Waals surface area (Å²) in [5, 5.41) is 15.8. The molecule has 0 aliphatic rings. The molecular formula is C9H9BrN6O. The summed E-state index contributed by atoms with van der Waals surface area (Å²) >= 11 is 3.26. The number of halogens is 1. The molecule has 2 aromatic rings. The molecule has 0 saturated heterocycles. The van der Waals surface area contributed by atoms with Crippen LogP contribution in [0.3, 0.4) is 0 Å². The van der Waals surface area contributed by atoms with Crippen molar-refractivity contribution in [1.29, 1.82) is 0 Å². The van der Waals surface area contributed by atoms with Gasteiger partial charge in [-0.15, -0.1) is 10.2 Å². The number of hydrogen-bond acceptors (Lipinski definition) is 5. The third-order valence-corrected chi connectivity index (χ3v) is 2.75. The Morgan fingerprint density at radius 2 is 2.35 bits per heavy atom. The van der Waals surface area contributed by atoms with Gasteiger partial charge in [0.15, 0.2) is 5.82 Å². The first-order chi connectivity index (χ1) is 8.16. The van der Waals surface area contributed by atoms with Crippen molar-refractivity contribution in [2.75, 3.05) is 5.73 Å². The average Bonchev–Trinajstić information content (AvgIpc) is 2.82. The topological polar surface area (TPSA) is 110 Å². The van der Waals surface area contributed by atoms with E-state index in [9.17, 15) is 4.79 Å². The number of nitrogens with two attached hydrogens (primary N) is 1. The van der Waals surface area contributed by atoms with E-state index in [-0.39, 0.29) is 12.5 Å². The summed E-state index contributed by atoms with van der Waals surface area (Å²) in [5.41, 5.74) is 6.72. The van der Waals surface area contributed by atoms with Crippen molar-refractivity contribution in [3.8, 4) is 0 Å². The monoisotopic (exact) mass is 296 g/mol. The number of tetrazole rings is 1. The second-order valence-corrected chi connectivity index (χ2v) is 4.10. The molecule has 0 atom stereocenters. The summed E-state index contributed by atoms with van der Waals surface area (Å²) in [5.74, 6) is 0.198. The number of nitrogens with zero attached hydrogens (tertiary/aromatic N) is 3. The molecule has 1 heterocycles. The normalized spacial score (nSPS) is 10.2. The fraction of sp³-hybridized carbons (Fsp3) is 0.111. The van der Waals surface area contributed by atoms with Gasteiger partial charge < -0.3 is 11.1 Å². The highest BCUT2D eigenvalue weighted by Gasteiger charge is 2.08. The van der Waals surface area contributed by atoms with Gasteiger partial charge in [0.2, 0.25) is 0 Å². The van der Waals surface area contributed by atoms with Crippen molar-refractivity contribution in [3.63, 3.8) is 0 Å². The zero-order valence-electron chi connectivity index (χ0n) is 8.64. The Morgan fingerprint density at radius 1 is 1.53 bits per heavy atom. The van der Waals surface area contributed by atoms with E-state index >= 15 is 0 Å². The van der Waals surface area contributed by atoms with Crippen LogP contribution >= 0.6 is 15.9 Å². The van der Waals surface area contributed by atoms with Crippen molar-refractivity contribution < 1.29 is 4.79 Å². The number of hydrogen-bond donors (Lipinski definition) is 3. The molecule has 0 fully saturated rings. The lowest BCUT2D eigenvalue weighted by Crippen LogP contribution is -2.23. The first kappa shape index (κ1) is 11.5. The van der Waals surface area contributed by atoms with Crippen molar-refractivity contribution >= 4 is 27.5 Å². The summed E-state index contributed by atoms with van der Waals surface area (Å²) in [6, 6.07) is 4.96. The zero-order chi connectivity index (χ0) is 12.3. The minimum Gasteiger partial charge on any atom is -0.398 e. The molecule has 2 rings (SSSR count). The Hall–Kier alpha value is -1.96. The molecule has 8 heteroatoms. The van der Waals surface area contributed by atoms with Crippen LogP contribution in [0.5, 0.6) is 0 Å². The van der Waals surface area contributed by atoms with Crippen molar-refractivity contribution in [2.24, 2.45) is 0 Å². The second-order valence-electron chi connectivity index (χ2n) is 3.25. The molecule has 0 aliphatic heterocycles. The van der Waals surface area contributed by atoms with Crippen LogP contribution in [-0.2, 0) is 6.54 Å². The lowest BCUT2D eigenvalue weighted by Gasteiger charge is -2.04. The molecule has 0 bridgehead atoms. The van der Waals surface area contributed by atoms with Gasteiger partial charge in [0.05, 0.1) is 6.54 Å². The van der Waals surface area contributed by atoms with Crippen LogP contribution in [0.25, 0.3) is 0 Å². The van der Waals surface area contributed by atoms with E-state index in [1.807, 2.05) is 0 Å². The van der Waals surface area contributed by atoms with Gasteiger partial charge in [0, 0.05) is 15.7 Å². The molecule has 88 valence electrons. The number of aromatic amines is 1. The van der Waals surface area contributed by atoms with Gasteiger partial charge >= 0.3 is 0 Å². The molecule has 1 aromatic carbocycles. The van der Waals surface area contributed by atoms with Gasteiger partial charge in [-0.1, -0.05) is 5.21 Å². The van der Waals surface area contributed by atoms with Crippen LogP contribution in [0, 0.1) is 0 Å². The van der Waals surface area contributed by atoms with Gasteiger partial charge in [-0.05, 0) is 34.1 Å². The Morgan fingerprint density at radius 3 is 3.00 bits per heavy atom. The molecule has 0 aliphatic carbocycles. The van der Waals surface area contributed by atoms with Crippen LogP contribution in [0.1, 0.15) is 16.2 Å². The smallest absolute Gasteiger partial charge is 0.251 e. The van der Waals surface area contributed by atoms with Crippen LogP contribution < -0.4 is 11.1 Å². The standard InChI is InChI=1S/C9H9BrN6O/c10-6-3-5(1-2-7(6)11)9(17)12-4-8-13-15-16-14-8/h1-3H,4,11H2,(H,12,17)(H,13,14,15,16). The predicted molar refractivity (Wildman–Crippen MR) is 63.9 cm³/mol. The summed E-state index contributed by atoms with van der Waals surface area (Å²) in [7, 11) is 0. The fourth-order valence-electron chi connectivity index (χ4n) is 1.19. The number of carbonyl (C=O) groups excluding carboxylic acids is 1. The molecule has 0 unspecified atom stereocenters. The van der Waals surface area contributed by atoms with E-state index in [2.05, 4.69) is 41.9 Å². The zero-order valence-corrected chi connectivity index (χ0v) is 10.2. The van der Waals surface area contributed by atoms with Gasteiger partial charge in [-0.3, -0.25) is 4.79 Å². The lowest BCUT2D eigenvalue weighted by atomic mass is 10.2. The van der Waals surface area contributed by atoms with Crippen LogP contribution in [0.15, 0.2) is 22.7 Å². The molecule has 1 amide bonds. The molecule has 0 radical (unpaired) electrons. The number of benzene rings is 1. The summed E-state index contributed by atoms with van der Waals surface area (Å²) in [4.78, 5) is 11.7. The Bertz CT molecular complexity index is 526. The number of nitrogen functional groups attached to an aromatic ring is 1. The van der Waals surface area contributed by atoms with Crippen LogP contribution in [0.4, 0.5) is 5.69 Å². The number of amides is 1. The lowest BCUT2D eigenvalue weighted by molar-refractivity contribution is 0.0950. The van der Waals surface area contributed by atoms with Crippen molar-refractivity contribution in [3.05, 3.63) is 34.1 Å². The van der Waals surface area contributed by atoms with Gasteiger partial charge in [-0.25, -0.2) is 0 Å². The Labute approximate surface area is 105 Å². The highest BCUT2D eigenvalue weighted by molar-refractivity contribution is 9.10. The van der Waals surface area contributed by atoms with E-state index in [4.69, 9.17) is 5.73 Å². The number of rotatable bonds is 3. The predicted octanol–water partition coefficient (Wildman–Crippen LogP) is 0.474. The van der Waals surface area contributed by atoms with Gasteiger partial charge in [0.25, 0.3) is 5.91 Å². The van der Waals surface area contributed by atoms with E-state index in [1.165, 1.54) is 0 Å². The van der Waals surface area contributed by atoms with Gasteiger partial charge in [-0.2, -0.15) is 5.21 Å². The maximum Gasteiger partial charge on any atom is 0.251 e. The number of nitrogens with one attached hydrogen (secondary N) is 2. The number of anilines is 1. The van der Waals surface area contributed by atoms with Crippen LogP contribution in [-0.4, -0.2) is 26.5 Å². The van der Waals surface area contributed by atoms with E-state index in [0.29, 0.717) is 21.5 Å². The molecule has 17 heavy (non-hydrogen) atoms. The van der Waals surface area contributed by atoms with Crippen LogP contribution in [0.2, 0.25) is 0 Å². The van der Waals surface area contributed by atoms with Gasteiger partial charge in [0.1, 0.15) is 0 Å². The maximum atomic E-state index is 11.7. The molecule has 7 nitrogen and oxygen atoms in total. The molecular weight excluding hydrogens is 288 g/mol. The third kappa shape index (κ3) is 2.78. The van der Waals surface area contributed by atoms with E-state index in [1.54, 1.807) is 18.2 Å². The fourth-order valence-corrected chi connectivity index (χ4v) is 1.57. The largest absolute Gasteiger partial charge is 0.398 e. The SMILES string of the molecule is Nc1ccc(C(=O)NCc2nn[nH]n2)cc1Br. The minimum absolute atomic E-state index is 0.220. The molecule has 4 N–H and O–H groups in total. The number of aromatic nitrogens is 4. The van der Waals surface area contributed by atoms with E-state index < -0.39 is 0 Å². The Balaban J connectivity index is 2.02. The van der Waals surface area contributed by atoms with Crippen molar-refractivity contribution in [1.82, 2.24) is 25.9 Å². The first-order valence-corrected chi connectivity index (χ1v) is 5.51. The van der Waals surface area contributed by atoms with Crippen molar-refractivity contribution in [2.45, 2.75) is 6.54 Å². The highest BCUT2D eigenvalue weighted by atomic mass is 79.9.